The Hall–Kier alpha value is -5.40. The SMILES string of the molecule is CC(=O)O[C@H]1[C@H](C)[C@H](O)[C@H](C)[C@@H](O)[C@@H](C)/C=C/C=C(/C)C(=O)Nc2c(O)c3c(O)c(C)c4c(c3c3nc5cc(C)ccn5c23)C(=O)[C@@](C)(O/C=C/[C@H](C)[C@H]1C)O4. The van der Waals surface area contributed by atoms with Gasteiger partial charge < -0.3 is 40.0 Å². The lowest BCUT2D eigenvalue weighted by Crippen LogP contribution is -2.45. The van der Waals surface area contributed by atoms with E-state index >= 15 is 0 Å². The Balaban J connectivity index is 1.57. The van der Waals surface area contributed by atoms with E-state index in [1.165, 1.54) is 20.1 Å². The second-order valence-electron chi connectivity index (χ2n) is 15.8. The number of imidazole rings is 1. The fourth-order valence-corrected chi connectivity index (χ4v) is 7.90. The summed E-state index contributed by atoms with van der Waals surface area (Å²) < 4.78 is 19.8. The van der Waals surface area contributed by atoms with Crippen LogP contribution in [0.3, 0.4) is 0 Å². The van der Waals surface area contributed by atoms with Crippen molar-refractivity contribution >= 4 is 50.8 Å². The van der Waals surface area contributed by atoms with E-state index in [-0.39, 0.29) is 67.5 Å². The highest BCUT2D eigenvalue weighted by atomic mass is 16.7. The summed E-state index contributed by atoms with van der Waals surface area (Å²) in [5.41, 5.74) is 2.31. The number of nitrogens with zero attached hydrogens (tertiary/aromatic N) is 2. The number of hydrogen-bond donors (Lipinski definition) is 5. The summed E-state index contributed by atoms with van der Waals surface area (Å²) in [5, 5.41) is 49.4. The van der Waals surface area contributed by atoms with Gasteiger partial charge in [-0.05, 0) is 56.4 Å². The number of fused-ring (bicyclic) bond motifs is 14. The van der Waals surface area contributed by atoms with Gasteiger partial charge in [-0.2, -0.15) is 0 Å². The number of aryl methyl sites for hydroxylation is 1. The van der Waals surface area contributed by atoms with Crippen LogP contribution in [0.5, 0.6) is 17.2 Å². The molecule has 13 heteroatoms. The number of ether oxygens (including phenoxy) is 3. The predicted molar refractivity (Wildman–Crippen MR) is 212 cm³/mol. The second kappa shape index (κ2) is 14.9. The van der Waals surface area contributed by atoms with Crippen LogP contribution in [-0.2, 0) is 19.1 Å². The number of phenols is 2. The number of aliphatic hydroxyl groups excluding tert-OH is 2. The number of carbonyl (C=O) groups is 3. The Labute approximate surface area is 325 Å². The molecule has 13 nitrogen and oxygen atoms in total. The monoisotopic (exact) mass is 769 g/mol. The van der Waals surface area contributed by atoms with Gasteiger partial charge in [0.15, 0.2) is 5.75 Å². The van der Waals surface area contributed by atoms with Gasteiger partial charge in [0.05, 0.1) is 29.4 Å². The Bertz CT molecular complexity index is 2360. The first-order valence-electron chi connectivity index (χ1n) is 18.9. The number of allylic oxidation sites excluding steroid dienone is 3. The first-order chi connectivity index (χ1) is 26.3. The Morgan fingerprint density at radius 1 is 0.946 bits per heavy atom. The first kappa shape index (κ1) is 40.3. The number of phenolic OH excluding ortho intramolecular Hbond substituents is 2. The van der Waals surface area contributed by atoms with Crippen LogP contribution >= 0.6 is 0 Å². The summed E-state index contributed by atoms with van der Waals surface area (Å²) in [6.45, 7) is 16.8. The number of hydrogen-bond acceptors (Lipinski definition) is 11. The fraction of sp³-hybridized carbons (Fsp3) is 0.442. The maximum atomic E-state index is 14.5. The zero-order valence-electron chi connectivity index (χ0n) is 33.4. The van der Waals surface area contributed by atoms with Crippen LogP contribution in [0.2, 0.25) is 0 Å². The minimum atomic E-state index is -1.90. The number of ketones is 1. The van der Waals surface area contributed by atoms with Gasteiger partial charge in [0.25, 0.3) is 11.7 Å². The molecule has 0 saturated heterocycles. The molecule has 0 fully saturated rings. The molecule has 0 saturated carbocycles. The molecule has 7 rings (SSSR count). The molecule has 9 atom stereocenters. The number of carbonyl (C=O) groups excluding carboxylic acids is 3. The Morgan fingerprint density at radius 2 is 1.64 bits per heavy atom. The molecular formula is C43H51N3O10. The molecule has 0 radical (unpaired) electrons. The number of amides is 1. The van der Waals surface area contributed by atoms with Gasteiger partial charge in [-0.25, -0.2) is 4.98 Å². The van der Waals surface area contributed by atoms with E-state index in [1.54, 1.807) is 69.5 Å². The third-order valence-electron chi connectivity index (χ3n) is 11.7. The number of benzene rings is 2. The van der Waals surface area contributed by atoms with Gasteiger partial charge >= 0.3 is 11.8 Å². The number of aliphatic hydroxyl groups is 2. The van der Waals surface area contributed by atoms with Crippen LogP contribution in [0.4, 0.5) is 5.69 Å². The van der Waals surface area contributed by atoms with Crippen molar-refractivity contribution in [2.45, 2.75) is 93.3 Å². The van der Waals surface area contributed by atoms with Crippen LogP contribution in [0.25, 0.3) is 27.5 Å². The number of rotatable bonds is 1. The number of nitrogens with one attached hydrogen (secondary N) is 1. The topological polar surface area (TPSA) is 189 Å². The van der Waals surface area contributed by atoms with Gasteiger partial charge in [-0.15, -0.1) is 0 Å². The third kappa shape index (κ3) is 6.76. The van der Waals surface area contributed by atoms with Crippen molar-refractivity contribution < 1.29 is 49.0 Å². The van der Waals surface area contributed by atoms with Crippen LogP contribution in [0.15, 0.2) is 54.5 Å². The molecule has 3 aliphatic heterocycles. The lowest BCUT2D eigenvalue weighted by molar-refractivity contribution is -0.158. The summed E-state index contributed by atoms with van der Waals surface area (Å²) in [6.07, 6.45) is 6.89. The first-order valence-corrected chi connectivity index (χ1v) is 18.9. The number of esters is 1. The molecule has 5 N–H and O–H groups in total. The van der Waals surface area contributed by atoms with Gasteiger partial charge in [0.1, 0.15) is 40.0 Å². The minimum absolute atomic E-state index is 0.0288. The predicted octanol–water partition coefficient (Wildman–Crippen LogP) is 6.78. The molecule has 2 aromatic carbocycles. The fourth-order valence-electron chi connectivity index (χ4n) is 7.90. The van der Waals surface area contributed by atoms with Gasteiger partial charge in [0.2, 0.25) is 0 Å². The Morgan fingerprint density at radius 3 is 2.32 bits per heavy atom. The average Bonchev–Trinajstić information content (AvgIpc) is 3.65. The summed E-state index contributed by atoms with van der Waals surface area (Å²) in [6, 6.07) is 3.65. The zero-order chi connectivity index (χ0) is 41.1. The molecule has 298 valence electrons. The van der Waals surface area contributed by atoms with Crippen molar-refractivity contribution in [3.63, 3.8) is 0 Å². The molecule has 56 heavy (non-hydrogen) atoms. The second-order valence-corrected chi connectivity index (χ2v) is 15.8. The van der Waals surface area contributed by atoms with Crippen LogP contribution < -0.4 is 10.1 Å². The number of aromatic nitrogens is 2. The number of pyridine rings is 1. The van der Waals surface area contributed by atoms with E-state index in [9.17, 15) is 34.8 Å². The molecule has 4 aromatic rings. The molecule has 0 spiro atoms. The van der Waals surface area contributed by atoms with Crippen molar-refractivity contribution in [3.05, 3.63) is 71.2 Å². The van der Waals surface area contributed by atoms with Crippen LogP contribution in [-0.4, -0.2) is 71.6 Å². The maximum absolute atomic E-state index is 14.5. The van der Waals surface area contributed by atoms with Gasteiger partial charge in [0, 0.05) is 54.3 Å². The number of Topliss-reactive ketones (excluding diaryl/α,β-unsaturated/α-hetero) is 1. The van der Waals surface area contributed by atoms with E-state index in [0.29, 0.717) is 5.65 Å². The standard InChI is InChI=1S/C43H51N3O10/c1-19-14-16-46-28(18-19)44-32-29-30-37(50)26(8)40-31(29)41(52)43(10,56-40)54-17-15-20(2)23(5)39(55-27(9)47)25(7)36(49)24(6)35(48)21(3)12-11-13-22(4)42(53)45-33(34(32)46)38(30)51/h11-18,20-21,23-25,35-36,39,48-51H,1-10H3,(H,45,53)/b12-11+,17-15+,22-13-/t20-,21-,23+,24+,25+,35-,36+,39+,43-/m0/s1. The van der Waals surface area contributed by atoms with Crippen LogP contribution in [0, 0.1) is 43.4 Å². The van der Waals surface area contributed by atoms with Crippen molar-refractivity contribution in [2.24, 2.45) is 29.6 Å². The van der Waals surface area contributed by atoms with Gasteiger partial charge in [-0.1, -0.05) is 52.8 Å². The quantitative estimate of drug-likeness (QED) is 0.101. The summed E-state index contributed by atoms with van der Waals surface area (Å²) in [4.78, 5) is 45.5. The molecule has 1 amide bonds. The lowest BCUT2D eigenvalue weighted by atomic mass is 9.77. The largest absolute Gasteiger partial charge is 0.507 e. The molecule has 5 bridgehead atoms. The van der Waals surface area contributed by atoms with Crippen molar-refractivity contribution in [2.75, 3.05) is 5.32 Å². The van der Waals surface area contributed by atoms with Gasteiger partial charge in [-0.3, -0.25) is 18.8 Å². The normalized spacial score (nSPS) is 31.2. The summed E-state index contributed by atoms with van der Waals surface area (Å²) in [7, 11) is 0. The molecule has 2 aromatic heterocycles. The van der Waals surface area contributed by atoms with Crippen molar-refractivity contribution in [3.8, 4) is 17.2 Å². The number of aromatic hydroxyl groups is 2. The Kier molecular flexibility index (Phi) is 10.7. The highest BCUT2D eigenvalue weighted by Crippen LogP contribution is 2.54. The molecule has 3 aliphatic rings. The molecule has 0 unspecified atom stereocenters. The minimum Gasteiger partial charge on any atom is -0.507 e. The summed E-state index contributed by atoms with van der Waals surface area (Å²) >= 11 is 0. The van der Waals surface area contributed by atoms with E-state index in [4.69, 9.17) is 19.2 Å². The number of anilines is 1. The maximum Gasteiger partial charge on any atom is 0.312 e. The van der Waals surface area contributed by atoms with Crippen molar-refractivity contribution in [1.82, 2.24) is 9.38 Å². The zero-order valence-corrected chi connectivity index (χ0v) is 33.4. The van der Waals surface area contributed by atoms with E-state index in [0.717, 1.165) is 5.56 Å². The van der Waals surface area contributed by atoms with E-state index < -0.39 is 65.3 Å². The third-order valence-corrected chi connectivity index (χ3v) is 11.7. The lowest BCUT2D eigenvalue weighted by Gasteiger charge is -2.37. The highest BCUT2D eigenvalue weighted by Gasteiger charge is 2.49. The molecule has 5 heterocycles. The smallest absolute Gasteiger partial charge is 0.312 e. The van der Waals surface area contributed by atoms with E-state index in [2.05, 4.69) is 5.32 Å². The van der Waals surface area contributed by atoms with E-state index in [1.807, 2.05) is 32.9 Å². The van der Waals surface area contributed by atoms with Crippen molar-refractivity contribution in [1.29, 1.82) is 0 Å². The summed E-state index contributed by atoms with van der Waals surface area (Å²) in [5.74, 6) is -6.70. The average molecular weight is 770 g/mol. The van der Waals surface area contributed by atoms with Crippen LogP contribution in [0.1, 0.15) is 76.9 Å². The molecular weight excluding hydrogens is 718 g/mol. The molecule has 0 aliphatic carbocycles. The highest BCUT2D eigenvalue weighted by molar-refractivity contribution is 6.28.